The van der Waals surface area contributed by atoms with E-state index in [0.717, 1.165) is 12.1 Å². The fourth-order valence-electron chi connectivity index (χ4n) is 4.33. The average Bonchev–Trinajstić information content (AvgIpc) is 3.45. The van der Waals surface area contributed by atoms with Crippen molar-refractivity contribution >= 4 is 11.8 Å². The van der Waals surface area contributed by atoms with Crippen LogP contribution in [0.25, 0.3) is 0 Å². The van der Waals surface area contributed by atoms with Crippen LogP contribution >= 0.6 is 0 Å². The SMILES string of the molecule is Cc1ccc(CN2CC(CNC(=O)c3cn(CC4CCCC4)nn3)CC2=O)cc1. The van der Waals surface area contributed by atoms with Gasteiger partial charge in [0.2, 0.25) is 5.91 Å². The molecule has 0 radical (unpaired) electrons. The van der Waals surface area contributed by atoms with Crippen molar-refractivity contribution in [2.45, 2.75) is 52.1 Å². The number of rotatable bonds is 7. The van der Waals surface area contributed by atoms with Gasteiger partial charge in [0.1, 0.15) is 0 Å². The van der Waals surface area contributed by atoms with Crippen molar-refractivity contribution in [3.05, 3.63) is 47.3 Å². The number of nitrogens with one attached hydrogen (secondary N) is 1. The Hall–Kier alpha value is -2.70. The fourth-order valence-corrected chi connectivity index (χ4v) is 4.33. The van der Waals surface area contributed by atoms with Crippen molar-refractivity contribution in [2.75, 3.05) is 13.1 Å². The minimum atomic E-state index is -0.216. The molecule has 154 valence electrons. The number of likely N-dealkylation sites (tertiary alicyclic amines) is 1. The minimum absolute atomic E-state index is 0.130. The first-order valence-corrected chi connectivity index (χ1v) is 10.6. The van der Waals surface area contributed by atoms with Gasteiger partial charge >= 0.3 is 0 Å². The third kappa shape index (κ3) is 5.02. The van der Waals surface area contributed by atoms with Crippen molar-refractivity contribution in [1.82, 2.24) is 25.2 Å². The van der Waals surface area contributed by atoms with Gasteiger partial charge in [-0.05, 0) is 31.2 Å². The van der Waals surface area contributed by atoms with E-state index < -0.39 is 0 Å². The maximum Gasteiger partial charge on any atom is 0.273 e. The van der Waals surface area contributed by atoms with Gasteiger partial charge < -0.3 is 10.2 Å². The molecule has 7 heteroatoms. The van der Waals surface area contributed by atoms with Crippen LogP contribution in [0.5, 0.6) is 0 Å². The molecule has 2 heterocycles. The molecule has 1 aromatic carbocycles. The van der Waals surface area contributed by atoms with Crippen LogP contribution in [0, 0.1) is 18.8 Å². The van der Waals surface area contributed by atoms with E-state index in [1.807, 2.05) is 4.90 Å². The molecule has 1 atom stereocenters. The zero-order valence-corrected chi connectivity index (χ0v) is 17.0. The molecular weight excluding hydrogens is 366 g/mol. The van der Waals surface area contributed by atoms with Crippen LogP contribution < -0.4 is 5.32 Å². The molecule has 2 aliphatic rings. The molecule has 1 unspecified atom stereocenters. The quantitative estimate of drug-likeness (QED) is 0.781. The summed E-state index contributed by atoms with van der Waals surface area (Å²) >= 11 is 0. The Morgan fingerprint density at radius 3 is 2.69 bits per heavy atom. The average molecular weight is 396 g/mol. The first kappa shape index (κ1) is 19.6. The number of hydrogen-bond acceptors (Lipinski definition) is 4. The van der Waals surface area contributed by atoms with Crippen LogP contribution in [0.2, 0.25) is 0 Å². The number of carbonyl (C=O) groups is 2. The van der Waals surface area contributed by atoms with E-state index in [1.54, 1.807) is 10.9 Å². The standard InChI is InChI=1S/C22H29N5O2/c1-16-6-8-18(9-7-16)12-26-13-19(10-21(26)28)11-23-22(29)20-15-27(25-24-20)14-17-4-2-3-5-17/h6-9,15,17,19H,2-5,10-14H2,1H3,(H,23,29). The minimum Gasteiger partial charge on any atom is -0.350 e. The highest BCUT2D eigenvalue weighted by Crippen LogP contribution is 2.25. The van der Waals surface area contributed by atoms with Crippen LogP contribution in [-0.4, -0.2) is 44.8 Å². The number of aromatic nitrogens is 3. The van der Waals surface area contributed by atoms with E-state index in [-0.39, 0.29) is 17.7 Å². The molecule has 0 spiro atoms. The maximum absolute atomic E-state index is 12.4. The lowest BCUT2D eigenvalue weighted by molar-refractivity contribution is -0.128. The number of carbonyl (C=O) groups excluding carboxylic acids is 2. The molecule has 2 amide bonds. The van der Waals surface area contributed by atoms with E-state index in [2.05, 4.69) is 46.8 Å². The lowest BCUT2D eigenvalue weighted by Crippen LogP contribution is -2.31. The molecule has 7 nitrogen and oxygen atoms in total. The number of aryl methyl sites for hydroxylation is 1. The Labute approximate surface area is 171 Å². The summed E-state index contributed by atoms with van der Waals surface area (Å²) in [6.45, 7) is 4.66. The van der Waals surface area contributed by atoms with Crippen molar-refractivity contribution in [3.63, 3.8) is 0 Å². The molecule has 4 rings (SSSR count). The molecule has 0 bridgehead atoms. The molecule has 1 aliphatic heterocycles. The van der Waals surface area contributed by atoms with E-state index in [0.29, 0.717) is 37.7 Å². The first-order chi connectivity index (χ1) is 14.1. The molecule has 1 aliphatic carbocycles. The van der Waals surface area contributed by atoms with Gasteiger partial charge in [-0.2, -0.15) is 0 Å². The summed E-state index contributed by atoms with van der Waals surface area (Å²) in [7, 11) is 0. The van der Waals surface area contributed by atoms with Crippen LogP contribution in [0.1, 0.15) is 53.7 Å². The Morgan fingerprint density at radius 2 is 1.93 bits per heavy atom. The highest BCUT2D eigenvalue weighted by atomic mass is 16.2. The third-order valence-corrected chi connectivity index (χ3v) is 6.03. The Balaban J connectivity index is 1.24. The summed E-state index contributed by atoms with van der Waals surface area (Å²) < 4.78 is 1.79. The zero-order chi connectivity index (χ0) is 20.2. The monoisotopic (exact) mass is 395 g/mol. The topological polar surface area (TPSA) is 80.1 Å². The summed E-state index contributed by atoms with van der Waals surface area (Å²) in [5.74, 6) is 0.710. The van der Waals surface area contributed by atoms with Gasteiger partial charge in [-0.1, -0.05) is 47.9 Å². The first-order valence-electron chi connectivity index (χ1n) is 10.6. The van der Waals surface area contributed by atoms with Crippen LogP contribution in [0.15, 0.2) is 30.5 Å². The van der Waals surface area contributed by atoms with Gasteiger partial charge in [0, 0.05) is 38.5 Å². The van der Waals surface area contributed by atoms with Gasteiger partial charge in [-0.15, -0.1) is 5.10 Å². The van der Waals surface area contributed by atoms with Gasteiger partial charge in [0.05, 0.1) is 6.20 Å². The van der Waals surface area contributed by atoms with Crippen molar-refractivity contribution in [3.8, 4) is 0 Å². The predicted molar refractivity (Wildman–Crippen MR) is 109 cm³/mol. The van der Waals surface area contributed by atoms with Crippen molar-refractivity contribution in [2.24, 2.45) is 11.8 Å². The van der Waals surface area contributed by atoms with Crippen LogP contribution in [0.4, 0.5) is 0 Å². The van der Waals surface area contributed by atoms with E-state index in [4.69, 9.17) is 0 Å². The Bertz CT molecular complexity index is 854. The van der Waals surface area contributed by atoms with Gasteiger partial charge in [0.15, 0.2) is 5.69 Å². The molecule has 1 saturated heterocycles. The normalized spacial score (nSPS) is 19.8. The summed E-state index contributed by atoms with van der Waals surface area (Å²) in [5, 5.41) is 11.0. The molecule has 29 heavy (non-hydrogen) atoms. The summed E-state index contributed by atoms with van der Waals surface area (Å²) in [6, 6.07) is 8.25. The van der Waals surface area contributed by atoms with E-state index in [9.17, 15) is 9.59 Å². The molecular formula is C22H29N5O2. The third-order valence-electron chi connectivity index (χ3n) is 6.03. The summed E-state index contributed by atoms with van der Waals surface area (Å²) in [6.07, 6.45) is 7.24. The lowest BCUT2D eigenvalue weighted by atomic mass is 10.1. The largest absolute Gasteiger partial charge is 0.350 e. The number of benzene rings is 1. The fraction of sp³-hybridized carbons (Fsp3) is 0.545. The molecule has 2 aromatic rings. The number of amides is 2. The van der Waals surface area contributed by atoms with Crippen molar-refractivity contribution in [1.29, 1.82) is 0 Å². The predicted octanol–water partition coefficient (Wildman–Crippen LogP) is 2.56. The molecule has 1 N–H and O–H groups in total. The number of hydrogen-bond donors (Lipinski definition) is 1. The van der Waals surface area contributed by atoms with Gasteiger partial charge in [-0.25, -0.2) is 0 Å². The second kappa shape index (κ2) is 8.76. The van der Waals surface area contributed by atoms with E-state index in [1.165, 1.54) is 31.2 Å². The van der Waals surface area contributed by atoms with Crippen LogP contribution in [-0.2, 0) is 17.9 Å². The van der Waals surface area contributed by atoms with Crippen molar-refractivity contribution < 1.29 is 9.59 Å². The molecule has 1 aromatic heterocycles. The lowest BCUT2D eigenvalue weighted by Gasteiger charge is -2.17. The molecule has 1 saturated carbocycles. The second-order valence-corrected chi connectivity index (χ2v) is 8.52. The maximum atomic E-state index is 12.4. The highest BCUT2D eigenvalue weighted by molar-refractivity contribution is 5.91. The molecule has 2 fully saturated rings. The number of nitrogens with zero attached hydrogens (tertiary/aromatic N) is 4. The Kier molecular flexibility index (Phi) is 5.92. The highest BCUT2D eigenvalue weighted by Gasteiger charge is 2.30. The van der Waals surface area contributed by atoms with Gasteiger partial charge in [-0.3, -0.25) is 14.3 Å². The Morgan fingerprint density at radius 1 is 1.17 bits per heavy atom. The summed E-state index contributed by atoms with van der Waals surface area (Å²) in [4.78, 5) is 26.6. The smallest absolute Gasteiger partial charge is 0.273 e. The van der Waals surface area contributed by atoms with E-state index >= 15 is 0 Å². The zero-order valence-electron chi connectivity index (χ0n) is 17.0. The summed E-state index contributed by atoms with van der Waals surface area (Å²) in [5.41, 5.74) is 2.69. The second-order valence-electron chi connectivity index (χ2n) is 8.52. The van der Waals surface area contributed by atoms with Gasteiger partial charge in [0.25, 0.3) is 5.91 Å². The van der Waals surface area contributed by atoms with Crippen LogP contribution in [0.3, 0.4) is 0 Å².